The van der Waals surface area contributed by atoms with E-state index in [0.29, 0.717) is 4.47 Å². The van der Waals surface area contributed by atoms with Crippen molar-refractivity contribution in [2.75, 3.05) is 26.1 Å². The van der Waals surface area contributed by atoms with Crippen LogP contribution in [0, 0.1) is 5.92 Å². The van der Waals surface area contributed by atoms with Crippen molar-refractivity contribution in [2.24, 2.45) is 11.0 Å². The molecule has 1 aromatic carbocycles. The average molecular weight is 480 g/mol. The highest BCUT2D eigenvalue weighted by molar-refractivity contribution is 9.10. The summed E-state index contributed by atoms with van der Waals surface area (Å²) in [5, 5.41) is 14.7. The molecule has 10 nitrogen and oxygen atoms in total. The van der Waals surface area contributed by atoms with Gasteiger partial charge in [0.15, 0.2) is 11.4 Å². The third-order valence-electron chi connectivity index (χ3n) is 5.10. The van der Waals surface area contributed by atoms with E-state index in [4.69, 9.17) is 0 Å². The lowest BCUT2D eigenvalue weighted by Gasteiger charge is -2.41. The monoisotopic (exact) mass is 479 g/mol. The van der Waals surface area contributed by atoms with Crippen molar-refractivity contribution in [3.05, 3.63) is 27.7 Å². The number of aliphatic hydroxyl groups is 1. The quantitative estimate of drug-likeness (QED) is 0.500. The van der Waals surface area contributed by atoms with Crippen LogP contribution in [0.3, 0.4) is 0 Å². The fourth-order valence-electron chi connectivity index (χ4n) is 3.27. The summed E-state index contributed by atoms with van der Waals surface area (Å²) < 4.78 is 0.443. The van der Waals surface area contributed by atoms with Crippen LogP contribution in [-0.2, 0) is 4.79 Å². The third kappa shape index (κ3) is 3.27. The van der Waals surface area contributed by atoms with Gasteiger partial charge in [0.1, 0.15) is 0 Å². The molecule has 0 radical (unpaired) electrons. The molecule has 5 amide bonds. The van der Waals surface area contributed by atoms with Crippen LogP contribution < -0.4 is 5.43 Å². The van der Waals surface area contributed by atoms with Crippen LogP contribution in [0.4, 0.5) is 10.5 Å². The third-order valence-corrected chi connectivity index (χ3v) is 5.76. The lowest BCUT2D eigenvalue weighted by molar-refractivity contribution is -0.126. The molecule has 1 unspecified atom stereocenters. The molecule has 11 heteroatoms. The number of carbonyl (C=O) groups is 4. The van der Waals surface area contributed by atoms with Crippen molar-refractivity contribution in [1.29, 1.82) is 0 Å². The van der Waals surface area contributed by atoms with Crippen molar-refractivity contribution in [3.8, 4) is 0 Å². The molecule has 3 rings (SSSR count). The van der Waals surface area contributed by atoms with Gasteiger partial charge in [0.25, 0.3) is 17.7 Å². The van der Waals surface area contributed by atoms with E-state index < -0.39 is 29.5 Å². The zero-order chi connectivity index (χ0) is 22.5. The van der Waals surface area contributed by atoms with Crippen LogP contribution in [0.5, 0.6) is 0 Å². The number of hydrazone groups is 1. The van der Waals surface area contributed by atoms with Gasteiger partial charge < -0.3 is 5.11 Å². The van der Waals surface area contributed by atoms with Crippen LogP contribution >= 0.6 is 15.9 Å². The van der Waals surface area contributed by atoms with Crippen molar-refractivity contribution < 1.29 is 24.3 Å². The second kappa shape index (κ2) is 7.47. The van der Waals surface area contributed by atoms with Crippen molar-refractivity contribution in [1.82, 2.24) is 14.7 Å². The van der Waals surface area contributed by atoms with Crippen LogP contribution in [0.25, 0.3) is 0 Å². The molecule has 1 aromatic rings. The Morgan fingerprint density at radius 1 is 1.13 bits per heavy atom. The standard InChI is InChI=1S/C19H22BrN5O5/c1-9(2)8-25-15(26)10-6-7-11(20)13(12(10)16(25)27)21-22-14-17(28)23(4)18(29)24(5)19(14,3)30/h6-7,9,21,30H,8H2,1-5H3. The maximum Gasteiger partial charge on any atom is 0.329 e. The number of carbonyl (C=O) groups excluding carboxylic acids is 4. The molecule has 1 fully saturated rings. The van der Waals surface area contributed by atoms with Crippen LogP contribution in [-0.4, -0.2) is 75.6 Å². The first-order valence-electron chi connectivity index (χ1n) is 9.20. The van der Waals surface area contributed by atoms with Crippen LogP contribution in [0.15, 0.2) is 21.7 Å². The minimum absolute atomic E-state index is 0.0888. The summed E-state index contributed by atoms with van der Waals surface area (Å²) in [6.45, 7) is 5.33. The van der Waals surface area contributed by atoms with Gasteiger partial charge in [0.2, 0.25) is 0 Å². The van der Waals surface area contributed by atoms with Gasteiger partial charge in [-0.1, -0.05) is 13.8 Å². The average Bonchev–Trinajstić information content (AvgIpc) is 2.90. The molecule has 2 heterocycles. The van der Waals surface area contributed by atoms with E-state index in [2.05, 4.69) is 26.5 Å². The Bertz CT molecular complexity index is 1000. The molecule has 1 atom stereocenters. The van der Waals surface area contributed by atoms with Gasteiger partial charge in [0.05, 0.1) is 16.8 Å². The molecule has 2 aliphatic rings. The van der Waals surface area contributed by atoms with Gasteiger partial charge in [-0.15, -0.1) is 0 Å². The highest BCUT2D eigenvalue weighted by atomic mass is 79.9. The summed E-state index contributed by atoms with van der Waals surface area (Å²) in [5.74, 6) is -1.58. The van der Waals surface area contributed by atoms with Gasteiger partial charge in [-0.3, -0.25) is 34.5 Å². The lowest BCUT2D eigenvalue weighted by atomic mass is 10.0. The minimum atomic E-state index is -1.97. The molecule has 160 valence electrons. The first-order chi connectivity index (χ1) is 13.9. The Morgan fingerprint density at radius 2 is 1.77 bits per heavy atom. The summed E-state index contributed by atoms with van der Waals surface area (Å²) in [6.07, 6.45) is 0. The fraction of sp³-hybridized carbons (Fsp3) is 0.421. The lowest BCUT2D eigenvalue weighted by Crippen LogP contribution is -2.66. The molecule has 2 aliphatic heterocycles. The molecular formula is C19H22BrN5O5. The number of anilines is 1. The molecule has 0 aromatic heterocycles. The maximum atomic E-state index is 12.9. The van der Waals surface area contributed by atoms with Crippen molar-refractivity contribution >= 4 is 51.1 Å². The number of fused-ring (bicyclic) bond motifs is 1. The van der Waals surface area contributed by atoms with Gasteiger partial charge in [-0.2, -0.15) is 5.10 Å². The Kier molecular flexibility index (Phi) is 5.46. The Balaban J connectivity index is 2.04. The number of hydrogen-bond acceptors (Lipinski definition) is 7. The number of nitrogens with one attached hydrogen (secondary N) is 1. The van der Waals surface area contributed by atoms with Crippen molar-refractivity contribution in [3.63, 3.8) is 0 Å². The van der Waals surface area contributed by atoms with Gasteiger partial charge in [-0.25, -0.2) is 4.79 Å². The highest BCUT2D eigenvalue weighted by Gasteiger charge is 2.48. The Hall–Kier alpha value is -2.79. The number of rotatable bonds is 4. The minimum Gasteiger partial charge on any atom is -0.365 e. The number of benzene rings is 1. The normalized spacial score (nSPS) is 23.2. The summed E-state index contributed by atoms with van der Waals surface area (Å²) >= 11 is 3.33. The molecule has 2 N–H and O–H groups in total. The van der Waals surface area contributed by atoms with E-state index in [0.717, 1.165) is 9.80 Å². The predicted octanol–water partition coefficient (Wildman–Crippen LogP) is 1.70. The van der Waals surface area contributed by atoms with E-state index >= 15 is 0 Å². The first kappa shape index (κ1) is 21.9. The molecular weight excluding hydrogens is 458 g/mol. The maximum absolute atomic E-state index is 12.9. The number of amides is 5. The fourth-order valence-corrected chi connectivity index (χ4v) is 3.69. The number of urea groups is 1. The smallest absolute Gasteiger partial charge is 0.329 e. The molecule has 0 saturated carbocycles. The first-order valence-corrected chi connectivity index (χ1v) is 10.00. The Labute approximate surface area is 181 Å². The summed E-state index contributed by atoms with van der Waals surface area (Å²) in [4.78, 5) is 53.2. The van der Waals surface area contributed by atoms with Crippen molar-refractivity contribution in [2.45, 2.75) is 26.5 Å². The van der Waals surface area contributed by atoms with E-state index in [-0.39, 0.29) is 35.0 Å². The van der Waals surface area contributed by atoms with E-state index in [9.17, 15) is 24.3 Å². The topological polar surface area (TPSA) is 123 Å². The van der Waals surface area contributed by atoms with Crippen LogP contribution in [0.1, 0.15) is 41.5 Å². The van der Waals surface area contributed by atoms with E-state index in [1.54, 1.807) is 12.1 Å². The molecule has 0 aliphatic carbocycles. The Morgan fingerprint density at radius 3 is 2.37 bits per heavy atom. The van der Waals surface area contributed by atoms with Crippen LogP contribution in [0.2, 0.25) is 0 Å². The number of halogens is 1. The zero-order valence-corrected chi connectivity index (χ0v) is 18.8. The number of imide groups is 2. The number of hydrogen-bond donors (Lipinski definition) is 2. The summed E-state index contributed by atoms with van der Waals surface area (Å²) in [5.41, 5.74) is 0.870. The van der Waals surface area contributed by atoms with E-state index in [1.165, 1.54) is 25.9 Å². The predicted molar refractivity (Wildman–Crippen MR) is 112 cm³/mol. The van der Waals surface area contributed by atoms with E-state index in [1.807, 2.05) is 13.8 Å². The van der Waals surface area contributed by atoms with Gasteiger partial charge in [0, 0.05) is 25.1 Å². The number of nitrogens with zero attached hydrogens (tertiary/aromatic N) is 4. The summed E-state index contributed by atoms with van der Waals surface area (Å²) in [7, 11) is 2.61. The van der Waals surface area contributed by atoms with Gasteiger partial charge in [-0.05, 0) is 40.9 Å². The zero-order valence-electron chi connectivity index (χ0n) is 17.2. The van der Waals surface area contributed by atoms with Gasteiger partial charge >= 0.3 is 6.03 Å². The highest BCUT2D eigenvalue weighted by Crippen LogP contribution is 2.36. The second-order valence-corrected chi connectivity index (χ2v) is 8.61. The second-order valence-electron chi connectivity index (χ2n) is 7.76. The molecule has 0 bridgehead atoms. The molecule has 0 spiro atoms. The summed E-state index contributed by atoms with van der Waals surface area (Å²) in [6, 6.07) is 2.45. The largest absolute Gasteiger partial charge is 0.365 e. The SMILES string of the molecule is CC(C)CN1C(=O)c2ccc(Br)c(NN=C3C(=O)N(C)C(=O)N(C)C3(C)O)c2C1=O. The molecule has 1 saturated heterocycles. The molecule has 30 heavy (non-hydrogen) atoms.